The Bertz CT molecular complexity index is 208. The van der Waals surface area contributed by atoms with Crippen molar-refractivity contribution < 1.29 is 14.6 Å². The number of ether oxygens (including phenoxy) is 1. The number of methoxy groups -OCH3 is 1. The van der Waals surface area contributed by atoms with E-state index < -0.39 is 0 Å². The van der Waals surface area contributed by atoms with Crippen LogP contribution in [0.3, 0.4) is 0 Å². The van der Waals surface area contributed by atoms with Crippen molar-refractivity contribution in [3.05, 3.63) is 0 Å². The van der Waals surface area contributed by atoms with Gasteiger partial charge in [0, 0.05) is 12.1 Å². The zero-order valence-electron chi connectivity index (χ0n) is 9.61. The molecule has 2 unspecified atom stereocenters. The minimum Gasteiger partial charge on any atom is -0.469 e. The molecule has 0 bridgehead atoms. The second-order valence-electron chi connectivity index (χ2n) is 4.20. The summed E-state index contributed by atoms with van der Waals surface area (Å²) in [6.45, 7) is 3.18. The molecule has 0 aromatic rings. The number of likely N-dealkylation sites (tertiary alicyclic amines) is 1. The van der Waals surface area contributed by atoms with Crippen LogP contribution >= 0.6 is 0 Å². The summed E-state index contributed by atoms with van der Waals surface area (Å²) in [4.78, 5) is 13.4. The normalized spacial score (nSPS) is 24.9. The minimum absolute atomic E-state index is 0.162. The molecule has 1 aliphatic rings. The lowest BCUT2D eigenvalue weighted by Gasteiger charge is -2.38. The number of esters is 1. The molecule has 0 spiro atoms. The smallest absolute Gasteiger partial charge is 0.307 e. The average molecular weight is 215 g/mol. The van der Waals surface area contributed by atoms with Crippen LogP contribution in [0.1, 0.15) is 32.6 Å². The van der Waals surface area contributed by atoms with Crippen molar-refractivity contribution in [3.8, 4) is 0 Å². The maximum Gasteiger partial charge on any atom is 0.307 e. The van der Waals surface area contributed by atoms with Gasteiger partial charge in [0.15, 0.2) is 0 Å². The lowest BCUT2D eigenvalue weighted by Crippen LogP contribution is -2.47. The van der Waals surface area contributed by atoms with Crippen LogP contribution in [0.25, 0.3) is 0 Å². The number of carbonyl (C=O) groups excluding carboxylic acids is 1. The molecule has 0 aliphatic carbocycles. The fraction of sp³-hybridized carbons (Fsp3) is 0.909. The first-order valence-electron chi connectivity index (χ1n) is 5.62. The van der Waals surface area contributed by atoms with Crippen molar-refractivity contribution >= 4 is 5.97 Å². The van der Waals surface area contributed by atoms with E-state index in [0.717, 1.165) is 19.4 Å². The first kappa shape index (κ1) is 12.5. The lowest BCUT2D eigenvalue weighted by molar-refractivity contribution is -0.142. The molecule has 0 aromatic carbocycles. The van der Waals surface area contributed by atoms with Gasteiger partial charge in [0.25, 0.3) is 0 Å². The van der Waals surface area contributed by atoms with E-state index >= 15 is 0 Å². The highest BCUT2D eigenvalue weighted by molar-refractivity contribution is 5.69. The standard InChI is InChI=1S/C11H21NO3/c1-9(7-11(14)15-2)12-6-4-3-5-10(12)8-13/h9-10,13H,3-8H2,1-2H3. The number of nitrogens with zero attached hydrogens (tertiary/aromatic N) is 1. The Kier molecular flexibility index (Phi) is 5.05. The van der Waals surface area contributed by atoms with Crippen LogP contribution in [-0.2, 0) is 9.53 Å². The molecule has 4 heteroatoms. The van der Waals surface area contributed by atoms with Crippen molar-refractivity contribution in [2.45, 2.75) is 44.7 Å². The molecule has 0 radical (unpaired) electrons. The average Bonchev–Trinajstić information content (AvgIpc) is 2.28. The van der Waals surface area contributed by atoms with Crippen LogP contribution in [0.4, 0.5) is 0 Å². The fourth-order valence-electron chi connectivity index (χ4n) is 2.24. The number of hydrogen-bond acceptors (Lipinski definition) is 4. The Morgan fingerprint density at radius 2 is 2.33 bits per heavy atom. The molecular formula is C11H21NO3. The van der Waals surface area contributed by atoms with E-state index in [1.807, 2.05) is 6.92 Å². The molecule has 1 N–H and O–H groups in total. The van der Waals surface area contributed by atoms with Gasteiger partial charge in [-0.2, -0.15) is 0 Å². The van der Waals surface area contributed by atoms with Gasteiger partial charge in [-0.25, -0.2) is 0 Å². The molecule has 1 saturated heterocycles. The maximum absolute atomic E-state index is 11.1. The van der Waals surface area contributed by atoms with E-state index in [1.54, 1.807) is 0 Å². The van der Waals surface area contributed by atoms with Gasteiger partial charge in [-0.05, 0) is 26.3 Å². The highest BCUT2D eigenvalue weighted by Crippen LogP contribution is 2.20. The zero-order chi connectivity index (χ0) is 11.3. The van der Waals surface area contributed by atoms with Gasteiger partial charge in [0.2, 0.25) is 0 Å². The summed E-state index contributed by atoms with van der Waals surface area (Å²) in [5.41, 5.74) is 0. The van der Waals surface area contributed by atoms with Crippen LogP contribution in [0.2, 0.25) is 0 Å². The summed E-state index contributed by atoms with van der Waals surface area (Å²) in [6, 6.07) is 0.383. The van der Waals surface area contributed by atoms with E-state index in [9.17, 15) is 9.90 Å². The molecule has 0 aromatic heterocycles. The SMILES string of the molecule is COC(=O)CC(C)N1CCCCC1CO. The number of aliphatic hydroxyl groups excluding tert-OH is 1. The molecule has 1 aliphatic heterocycles. The van der Waals surface area contributed by atoms with E-state index in [1.165, 1.54) is 13.5 Å². The summed E-state index contributed by atoms with van der Waals surface area (Å²) >= 11 is 0. The number of carbonyl (C=O) groups is 1. The summed E-state index contributed by atoms with van der Waals surface area (Å²) in [5, 5.41) is 9.24. The van der Waals surface area contributed by atoms with E-state index in [-0.39, 0.29) is 24.7 Å². The van der Waals surface area contributed by atoms with E-state index in [2.05, 4.69) is 9.64 Å². The lowest BCUT2D eigenvalue weighted by atomic mass is 10.00. The third-order valence-corrected chi connectivity index (χ3v) is 3.14. The number of rotatable bonds is 4. The first-order valence-corrected chi connectivity index (χ1v) is 5.62. The molecule has 0 amide bonds. The predicted octanol–water partition coefficient (Wildman–Crippen LogP) is 0.785. The number of aliphatic hydroxyl groups is 1. The highest BCUT2D eigenvalue weighted by Gasteiger charge is 2.27. The molecule has 88 valence electrons. The monoisotopic (exact) mass is 215 g/mol. The van der Waals surface area contributed by atoms with Crippen LogP contribution in [0, 0.1) is 0 Å². The molecule has 2 atom stereocenters. The largest absolute Gasteiger partial charge is 0.469 e. The Labute approximate surface area is 91.2 Å². The van der Waals surface area contributed by atoms with Gasteiger partial charge >= 0.3 is 5.97 Å². The van der Waals surface area contributed by atoms with Gasteiger partial charge in [0.1, 0.15) is 0 Å². The second kappa shape index (κ2) is 6.08. The molecule has 1 rings (SSSR count). The molecule has 15 heavy (non-hydrogen) atoms. The van der Waals surface area contributed by atoms with E-state index in [0.29, 0.717) is 6.42 Å². The predicted molar refractivity (Wildman–Crippen MR) is 57.5 cm³/mol. The Morgan fingerprint density at radius 1 is 1.60 bits per heavy atom. The Hall–Kier alpha value is -0.610. The van der Waals surface area contributed by atoms with Crippen molar-refractivity contribution in [1.29, 1.82) is 0 Å². The van der Waals surface area contributed by atoms with Crippen molar-refractivity contribution in [2.24, 2.45) is 0 Å². The third-order valence-electron chi connectivity index (χ3n) is 3.14. The van der Waals surface area contributed by atoms with Gasteiger partial charge in [-0.1, -0.05) is 6.42 Å². The van der Waals surface area contributed by atoms with Crippen molar-refractivity contribution in [3.63, 3.8) is 0 Å². The van der Waals surface area contributed by atoms with Gasteiger partial charge in [0.05, 0.1) is 20.1 Å². The summed E-state index contributed by atoms with van der Waals surface area (Å²) in [7, 11) is 1.41. The van der Waals surface area contributed by atoms with Gasteiger partial charge in [-0.15, -0.1) is 0 Å². The molecule has 1 fully saturated rings. The summed E-state index contributed by atoms with van der Waals surface area (Å²) in [6.07, 6.45) is 3.77. The third kappa shape index (κ3) is 3.47. The zero-order valence-corrected chi connectivity index (χ0v) is 9.61. The molecular weight excluding hydrogens is 194 g/mol. The number of hydrogen-bond donors (Lipinski definition) is 1. The van der Waals surface area contributed by atoms with Gasteiger partial charge < -0.3 is 9.84 Å². The second-order valence-corrected chi connectivity index (χ2v) is 4.20. The van der Waals surface area contributed by atoms with Crippen LogP contribution in [0.15, 0.2) is 0 Å². The van der Waals surface area contributed by atoms with Crippen LogP contribution in [0.5, 0.6) is 0 Å². The fourth-order valence-corrected chi connectivity index (χ4v) is 2.24. The van der Waals surface area contributed by atoms with Crippen molar-refractivity contribution in [2.75, 3.05) is 20.3 Å². The summed E-state index contributed by atoms with van der Waals surface area (Å²) < 4.78 is 4.65. The topological polar surface area (TPSA) is 49.8 Å². The quantitative estimate of drug-likeness (QED) is 0.704. The van der Waals surface area contributed by atoms with Crippen LogP contribution < -0.4 is 0 Å². The summed E-state index contributed by atoms with van der Waals surface area (Å²) in [5.74, 6) is -0.176. The minimum atomic E-state index is -0.176. The Morgan fingerprint density at radius 3 is 2.93 bits per heavy atom. The molecule has 4 nitrogen and oxygen atoms in total. The number of piperidine rings is 1. The van der Waals surface area contributed by atoms with E-state index in [4.69, 9.17) is 0 Å². The maximum atomic E-state index is 11.1. The first-order chi connectivity index (χ1) is 7.19. The molecule has 1 heterocycles. The molecule has 0 saturated carbocycles. The Balaban J connectivity index is 2.47. The highest BCUT2D eigenvalue weighted by atomic mass is 16.5. The van der Waals surface area contributed by atoms with Gasteiger partial charge in [-0.3, -0.25) is 9.69 Å². The van der Waals surface area contributed by atoms with Crippen LogP contribution in [-0.4, -0.2) is 48.3 Å². The van der Waals surface area contributed by atoms with Crippen molar-refractivity contribution in [1.82, 2.24) is 4.90 Å².